The molecule has 17 heavy (non-hydrogen) atoms. The second-order valence-corrected chi connectivity index (χ2v) is 6.44. The molecule has 0 aromatic rings. The van der Waals surface area contributed by atoms with Gasteiger partial charge in [-0.05, 0) is 25.7 Å². The van der Waals surface area contributed by atoms with Crippen LogP contribution < -0.4 is 0 Å². The van der Waals surface area contributed by atoms with Crippen molar-refractivity contribution in [1.29, 1.82) is 0 Å². The Bertz CT molecular complexity index is 223. The lowest BCUT2D eigenvalue weighted by atomic mass is 9.58. The standard InChI is InChI=1S/C15H27ClO/c1-2-3-4-8-11-17-14-12-13(16)15(14)9-6-5-7-10-15/h13-14H,2-12H2,1H3. The van der Waals surface area contributed by atoms with Crippen molar-refractivity contribution >= 4 is 11.6 Å². The maximum atomic E-state index is 6.46. The quantitative estimate of drug-likeness (QED) is 0.486. The first-order chi connectivity index (χ1) is 8.29. The lowest BCUT2D eigenvalue weighted by Gasteiger charge is -2.55. The maximum absolute atomic E-state index is 6.46. The Morgan fingerprint density at radius 3 is 2.53 bits per heavy atom. The molecule has 0 radical (unpaired) electrons. The van der Waals surface area contributed by atoms with Gasteiger partial charge in [-0.15, -0.1) is 11.6 Å². The molecule has 0 saturated heterocycles. The van der Waals surface area contributed by atoms with Gasteiger partial charge in [0.15, 0.2) is 0 Å². The topological polar surface area (TPSA) is 9.23 Å². The summed E-state index contributed by atoms with van der Waals surface area (Å²) in [7, 11) is 0. The first-order valence-electron chi connectivity index (χ1n) is 7.55. The van der Waals surface area contributed by atoms with E-state index in [9.17, 15) is 0 Å². The monoisotopic (exact) mass is 258 g/mol. The summed E-state index contributed by atoms with van der Waals surface area (Å²) < 4.78 is 6.10. The van der Waals surface area contributed by atoms with Crippen LogP contribution >= 0.6 is 11.6 Å². The van der Waals surface area contributed by atoms with Crippen molar-refractivity contribution in [1.82, 2.24) is 0 Å². The summed E-state index contributed by atoms with van der Waals surface area (Å²) in [6.45, 7) is 3.21. The highest BCUT2D eigenvalue weighted by Gasteiger charge is 2.54. The number of hydrogen-bond acceptors (Lipinski definition) is 1. The summed E-state index contributed by atoms with van der Waals surface area (Å²) >= 11 is 6.46. The first-order valence-corrected chi connectivity index (χ1v) is 7.99. The minimum atomic E-state index is 0.366. The van der Waals surface area contributed by atoms with Gasteiger partial charge in [-0.1, -0.05) is 45.4 Å². The zero-order valence-corrected chi connectivity index (χ0v) is 12.0. The van der Waals surface area contributed by atoms with E-state index in [4.69, 9.17) is 16.3 Å². The average molecular weight is 259 g/mol. The third-order valence-corrected chi connectivity index (χ3v) is 5.40. The molecule has 0 N–H and O–H groups in total. The molecule has 0 amide bonds. The number of hydrogen-bond donors (Lipinski definition) is 0. The van der Waals surface area contributed by atoms with E-state index in [1.54, 1.807) is 0 Å². The Kier molecular flexibility index (Phi) is 5.17. The van der Waals surface area contributed by atoms with Crippen LogP contribution in [0.4, 0.5) is 0 Å². The fourth-order valence-corrected chi connectivity index (χ4v) is 4.05. The molecule has 2 saturated carbocycles. The predicted octanol–water partition coefficient (Wildman–Crippen LogP) is 4.91. The third-order valence-electron chi connectivity index (χ3n) is 4.79. The van der Waals surface area contributed by atoms with Crippen molar-refractivity contribution in [3.05, 3.63) is 0 Å². The summed E-state index contributed by atoms with van der Waals surface area (Å²) in [4.78, 5) is 0. The number of rotatable bonds is 6. The van der Waals surface area contributed by atoms with Crippen LogP contribution in [-0.2, 0) is 4.74 Å². The van der Waals surface area contributed by atoms with Gasteiger partial charge in [0.05, 0.1) is 6.10 Å². The van der Waals surface area contributed by atoms with Crippen LogP contribution in [0, 0.1) is 5.41 Å². The molecule has 1 nitrogen and oxygen atoms in total. The van der Waals surface area contributed by atoms with Crippen molar-refractivity contribution in [2.75, 3.05) is 6.61 Å². The Labute approximate surface area is 111 Å². The van der Waals surface area contributed by atoms with Crippen LogP contribution in [0.2, 0.25) is 0 Å². The van der Waals surface area contributed by atoms with E-state index in [2.05, 4.69) is 6.92 Å². The fourth-order valence-electron chi connectivity index (χ4n) is 3.53. The molecular formula is C15H27ClO. The zero-order valence-electron chi connectivity index (χ0n) is 11.2. The number of alkyl halides is 1. The SMILES string of the molecule is CCCCCCOC1CC(Cl)C12CCCCC2. The molecule has 2 unspecified atom stereocenters. The smallest absolute Gasteiger partial charge is 0.0659 e. The Balaban J connectivity index is 1.70. The van der Waals surface area contributed by atoms with Crippen LogP contribution in [0.1, 0.15) is 71.1 Å². The number of halogens is 1. The van der Waals surface area contributed by atoms with Gasteiger partial charge in [-0.25, -0.2) is 0 Å². The van der Waals surface area contributed by atoms with Gasteiger partial charge in [-0.3, -0.25) is 0 Å². The number of ether oxygens (including phenoxy) is 1. The van der Waals surface area contributed by atoms with Crippen molar-refractivity contribution < 1.29 is 4.74 Å². The summed E-state index contributed by atoms with van der Waals surface area (Å²) in [5.74, 6) is 0. The van der Waals surface area contributed by atoms with Gasteiger partial charge in [0.2, 0.25) is 0 Å². The Morgan fingerprint density at radius 2 is 1.88 bits per heavy atom. The number of unbranched alkanes of at least 4 members (excludes halogenated alkanes) is 3. The second kappa shape index (κ2) is 6.43. The van der Waals surface area contributed by atoms with Crippen LogP contribution in [-0.4, -0.2) is 18.1 Å². The molecule has 0 aromatic carbocycles. The van der Waals surface area contributed by atoms with Gasteiger partial charge in [-0.2, -0.15) is 0 Å². The zero-order chi connectivity index (χ0) is 12.1. The highest BCUT2D eigenvalue weighted by Crippen LogP contribution is 2.55. The lowest BCUT2D eigenvalue weighted by Crippen LogP contribution is -2.56. The molecule has 2 aliphatic rings. The lowest BCUT2D eigenvalue weighted by molar-refractivity contribution is -0.124. The van der Waals surface area contributed by atoms with Crippen molar-refractivity contribution in [3.8, 4) is 0 Å². The first kappa shape index (κ1) is 13.7. The van der Waals surface area contributed by atoms with E-state index < -0.39 is 0 Å². The van der Waals surface area contributed by atoms with Crippen molar-refractivity contribution in [2.45, 2.75) is 82.6 Å². The molecule has 2 atom stereocenters. The highest BCUT2D eigenvalue weighted by molar-refractivity contribution is 6.21. The molecule has 100 valence electrons. The molecular weight excluding hydrogens is 232 g/mol. The molecule has 2 rings (SSSR count). The van der Waals surface area contributed by atoms with E-state index in [1.807, 2.05) is 0 Å². The summed E-state index contributed by atoms with van der Waals surface area (Å²) in [6, 6.07) is 0. The van der Waals surface area contributed by atoms with Crippen LogP contribution in [0.3, 0.4) is 0 Å². The largest absolute Gasteiger partial charge is 0.378 e. The van der Waals surface area contributed by atoms with Crippen molar-refractivity contribution in [2.24, 2.45) is 5.41 Å². The normalized spacial score (nSPS) is 31.4. The van der Waals surface area contributed by atoms with Gasteiger partial charge in [0.1, 0.15) is 0 Å². The minimum Gasteiger partial charge on any atom is -0.378 e. The second-order valence-electron chi connectivity index (χ2n) is 5.92. The summed E-state index contributed by atoms with van der Waals surface area (Å²) in [6.07, 6.45) is 13.5. The molecule has 0 heterocycles. The molecule has 2 aliphatic carbocycles. The molecule has 2 fully saturated rings. The van der Waals surface area contributed by atoms with Crippen molar-refractivity contribution in [3.63, 3.8) is 0 Å². The Morgan fingerprint density at radius 1 is 1.12 bits per heavy atom. The van der Waals surface area contributed by atoms with Crippen LogP contribution in [0.5, 0.6) is 0 Å². The van der Waals surface area contributed by atoms with Crippen LogP contribution in [0.25, 0.3) is 0 Å². The predicted molar refractivity (Wildman–Crippen MR) is 73.7 cm³/mol. The highest BCUT2D eigenvalue weighted by atomic mass is 35.5. The Hall–Kier alpha value is 0.250. The maximum Gasteiger partial charge on any atom is 0.0659 e. The van der Waals surface area contributed by atoms with Gasteiger partial charge in [0.25, 0.3) is 0 Å². The van der Waals surface area contributed by atoms with E-state index in [0.717, 1.165) is 13.0 Å². The van der Waals surface area contributed by atoms with Gasteiger partial charge >= 0.3 is 0 Å². The van der Waals surface area contributed by atoms with E-state index in [1.165, 1.54) is 57.8 Å². The summed E-state index contributed by atoms with van der Waals surface area (Å²) in [5.41, 5.74) is 0.366. The van der Waals surface area contributed by atoms with Crippen LogP contribution in [0.15, 0.2) is 0 Å². The summed E-state index contributed by atoms with van der Waals surface area (Å²) in [5, 5.41) is 0.392. The minimum absolute atomic E-state index is 0.366. The molecule has 0 bridgehead atoms. The molecule has 1 spiro atoms. The fraction of sp³-hybridized carbons (Fsp3) is 1.00. The third kappa shape index (κ3) is 2.98. The van der Waals surface area contributed by atoms with E-state index >= 15 is 0 Å². The van der Waals surface area contributed by atoms with Gasteiger partial charge < -0.3 is 4.74 Å². The van der Waals surface area contributed by atoms with E-state index in [0.29, 0.717) is 16.9 Å². The average Bonchev–Trinajstić information content (AvgIpc) is 2.38. The molecule has 0 aliphatic heterocycles. The molecule has 2 heteroatoms. The van der Waals surface area contributed by atoms with Gasteiger partial charge in [0, 0.05) is 17.4 Å². The van der Waals surface area contributed by atoms with E-state index in [-0.39, 0.29) is 0 Å². The molecule has 0 aromatic heterocycles.